The van der Waals surface area contributed by atoms with E-state index in [9.17, 15) is 4.79 Å². The Morgan fingerprint density at radius 1 is 1.25 bits per heavy atom. The number of aromatic nitrogens is 2. The van der Waals surface area contributed by atoms with Crippen LogP contribution in [0.15, 0.2) is 36.7 Å². The first-order chi connectivity index (χ1) is 9.79. The minimum absolute atomic E-state index is 0.0382. The van der Waals surface area contributed by atoms with Gasteiger partial charge in [0.15, 0.2) is 0 Å². The second kappa shape index (κ2) is 7.45. The zero-order valence-electron chi connectivity index (χ0n) is 11.4. The van der Waals surface area contributed by atoms with Crippen LogP contribution in [0.1, 0.15) is 28.2 Å². The van der Waals surface area contributed by atoms with Gasteiger partial charge in [-0.05, 0) is 37.1 Å². The first kappa shape index (κ1) is 14.3. The molecule has 1 aromatic heterocycles. The largest absolute Gasteiger partial charge is 0.352 e. The molecule has 0 radical (unpaired) electrons. The van der Waals surface area contributed by atoms with E-state index in [-0.39, 0.29) is 5.91 Å². The van der Waals surface area contributed by atoms with Crippen LogP contribution in [0.4, 0.5) is 0 Å². The first-order valence-electron chi connectivity index (χ1n) is 6.85. The Morgan fingerprint density at radius 3 is 2.70 bits per heavy atom. The van der Waals surface area contributed by atoms with E-state index in [0.717, 1.165) is 30.7 Å². The van der Waals surface area contributed by atoms with Crippen molar-refractivity contribution in [3.63, 3.8) is 0 Å². The predicted molar refractivity (Wildman–Crippen MR) is 78.4 cm³/mol. The molecule has 0 saturated heterocycles. The third-order valence-corrected chi connectivity index (χ3v) is 3.08. The number of imidazole rings is 1. The molecule has 1 amide bonds. The lowest BCUT2D eigenvalue weighted by atomic mass is 10.1. The molecule has 4 N–H and O–H groups in total. The predicted octanol–water partition coefficient (Wildman–Crippen LogP) is 1.27. The molecular weight excluding hydrogens is 252 g/mol. The van der Waals surface area contributed by atoms with Gasteiger partial charge in [0.1, 0.15) is 5.82 Å². The number of nitrogens with one attached hydrogen (secondary N) is 2. The molecule has 0 bridgehead atoms. The molecule has 1 aromatic carbocycles. The molecule has 0 fully saturated rings. The van der Waals surface area contributed by atoms with Crippen molar-refractivity contribution in [1.82, 2.24) is 15.3 Å². The maximum atomic E-state index is 11.9. The average molecular weight is 272 g/mol. The second-order valence-electron chi connectivity index (χ2n) is 4.63. The molecule has 106 valence electrons. The number of aromatic amines is 1. The Morgan fingerprint density at radius 2 is 2.05 bits per heavy atom. The molecule has 0 saturated carbocycles. The number of hydrogen-bond donors (Lipinski definition) is 3. The normalized spacial score (nSPS) is 10.4. The van der Waals surface area contributed by atoms with Crippen LogP contribution in [0.25, 0.3) is 0 Å². The zero-order valence-corrected chi connectivity index (χ0v) is 11.4. The molecule has 0 spiro atoms. The van der Waals surface area contributed by atoms with Gasteiger partial charge in [0.05, 0.1) is 0 Å². The summed E-state index contributed by atoms with van der Waals surface area (Å²) in [5.41, 5.74) is 7.33. The van der Waals surface area contributed by atoms with Gasteiger partial charge in [-0.3, -0.25) is 4.79 Å². The number of amides is 1. The maximum Gasteiger partial charge on any atom is 0.251 e. The number of carbonyl (C=O) groups is 1. The smallest absolute Gasteiger partial charge is 0.251 e. The number of rotatable bonds is 7. The molecule has 0 atom stereocenters. The highest BCUT2D eigenvalue weighted by molar-refractivity contribution is 5.94. The second-order valence-corrected chi connectivity index (χ2v) is 4.63. The van der Waals surface area contributed by atoms with E-state index in [4.69, 9.17) is 5.73 Å². The summed E-state index contributed by atoms with van der Waals surface area (Å²) < 4.78 is 0. The molecule has 0 unspecified atom stereocenters. The molecule has 2 aromatic rings. The van der Waals surface area contributed by atoms with Crippen LogP contribution >= 0.6 is 0 Å². The molecule has 20 heavy (non-hydrogen) atoms. The summed E-state index contributed by atoms with van der Waals surface area (Å²) >= 11 is 0. The van der Waals surface area contributed by atoms with Crippen molar-refractivity contribution in [1.29, 1.82) is 0 Å². The van der Waals surface area contributed by atoms with Crippen molar-refractivity contribution in [3.8, 4) is 0 Å². The number of nitrogens with zero attached hydrogens (tertiary/aromatic N) is 1. The Balaban J connectivity index is 1.73. The van der Waals surface area contributed by atoms with Gasteiger partial charge < -0.3 is 16.0 Å². The van der Waals surface area contributed by atoms with Crippen LogP contribution in [0.2, 0.25) is 0 Å². The molecule has 0 aliphatic heterocycles. The lowest BCUT2D eigenvalue weighted by Gasteiger charge is -2.05. The molecule has 1 heterocycles. The highest BCUT2D eigenvalue weighted by Crippen LogP contribution is 2.05. The summed E-state index contributed by atoms with van der Waals surface area (Å²) in [7, 11) is 0. The van der Waals surface area contributed by atoms with Gasteiger partial charge in [0.2, 0.25) is 0 Å². The van der Waals surface area contributed by atoms with Crippen LogP contribution in [0.5, 0.6) is 0 Å². The third kappa shape index (κ3) is 4.20. The van der Waals surface area contributed by atoms with E-state index in [2.05, 4.69) is 15.3 Å². The van der Waals surface area contributed by atoms with E-state index < -0.39 is 0 Å². The number of nitrogens with two attached hydrogens (primary N) is 1. The summed E-state index contributed by atoms with van der Waals surface area (Å²) in [5, 5.41) is 2.91. The summed E-state index contributed by atoms with van der Waals surface area (Å²) in [5.74, 6) is 0.911. The van der Waals surface area contributed by atoms with Crippen LogP contribution in [-0.4, -0.2) is 29.0 Å². The average Bonchev–Trinajstić information content (AvgIpc) is 2.98. The highest BCUT2D eigenvalue weighted by Gasteiger charge is 2.04. The molecular formula is C15H20N4O. The van der Waals surface area contributed by atoms with Crippen molar-refractivity contribution in [2.75, 3.05) is 13.1 Å². The van der Waals surface area contributed by atoms with Crippen molar-refractivity contribution >= 4 is 5.91 Å². The number of aryl methyl sites for hydroxylation is 1. The van der Waals surface area contributed by atoms with E-state index in [1.165, 1.54) is 0 Å². The topological polar surface area (TPSA) is 83.8 Å². The monoisotopic (exact) mass is 272 g/mol. The molecule has 2 rings (SSSR count). The van der Waals surface area contributed by atoms with Crippen molar-refractivity contribution in [2.45, 2.75) is 19.3 Å². The van der Waals surface area contributed by atoms with Gasteiger partial charge in [-0.15, -0.1) is 0 Å². The number of hydrogen-bond acceptors (Lipinski definition) is 3. The molecule has 0 aliphatic rings. The van der Waals surface area contributed by atoms with Crippen LogP contribution in [0, 0.1) is 0 Å². The van der Waals surface area contributed by atoms with Gasteiger partial charge in [-0.25, -0.2) is 4.98 Å². The van der Waals surface area contributed by atoms with Gasteiger partial charge >= 0.3 is 0 Å². The van der Waals surface area contributed by atoms with E-state index in [1.54, 1.807) is 12.4 Å². The fourth-order valence-electron chi connectivity index (χ4n) is 1.98. The van der Waals surface area contributed by atoms with E-state index in [0.29, 0.717) is 18.7 Å². The molecule has 0 aliphatic carbocycles. The fraction of sp³-hybridized carbons (Fsp3) is 0.333. The Hall–Kier alpha value is -2.14. The Kier molecular flexibility index (Phi) is 5.32. The van der Waals surface area contributed by atoms with E-state index in [1.807, 2.05) is 24.3 Å². The standard InChI is InChI=1S/C15H20N4O/c16-8-7-12-3-5-13(6-4-12)15(20)19-9-1-2-14-17-10-11-18-14/h3-6,10-11H,1-2,7-9,16H2,(H,17,18)(H,19,20). The number of H-pyrrole nitrogens is 1. The molecule has 5 nitrogen and oxygen atoms in total. The van der Waals surface area contributed by atoms with Crippen molar-refractivity contribution in [3.05, 3.63) is 53.6 Å². The number of carbonyl (C=O) groups excluding carboxylic acids is 1. The summed E-state index contributed by atoms with van der Waals surface area (Å²) in [6.07, 6.45) is 6.08. The van der Waals surface area contributed by atoms with Gasteiger partial charge in [-0.2, -0.15) is 0 Å². The van der Waals surface area contributed by atoms with Crippen molar-refractivity contribution in [2.24, 2.45) is 5.73 Å². The molecule has 5 heteroatoms. The summed E-state index contributed by atoms with van der Waals surface area (Å²) in [6, 6.07) is 7.58. The SMILES string of the molecule is NCCc1ccc(C(=O)NCCCc2ncc[nH]2)cc1. The maximum absolute atomic E-state index is 11.9. The summed E-state index contributed by atoms with van der Waals surface area (Å²) in [6.45, 7) is 1.27. The minimum atomic E-state index is -0.0382. The third-order valence-electron chi connectivity index (χ3n) is 3.08. The van der Waals surface area contributed by atoms with Gasteiger partial charge in [0, 0.05) is 30.9 Å². The summed E-state index contributed by atoms with van der Waals surface area (Å²) in [4.78, 5) is 19.1. The minimum Gasteiger partial charge on any atom is -0.352 e. The fourth-order valence-corrected chi connectivity index (χ4v) is 1.98. The number of benzene rings is 1. The first-order valence-corrected chi connectivity index (χ1v) is 6.85. The van der Waals surface area contributed by atoms with Crippen LogP contribution < -0.4 is 11.1 Å². The van der Waals surface area contributed by atoms with E-state index >= 15 is 0 Å². The van der Waals surface area contributed by atoms with Crippen LogP contribution in [-0.2, 0) is 12.8 Å². The van der Waals surface area contributed by atoms with Gasteiger partial charge in [0.25, 0.3) is 5.91 Å². The lowest BCUT2D eigenvalue weighted by Crippen LogP contribution is -2.24. The zero-order chi connectivity index (χ0) is 14.2. The Bertz CT molecular complexity index is 519. The van der Waals surface area contributed by atoms with Crippen LogP contribution in [0.3, 0.4) is 0 Å². The highest BCUT2D eigenvalue weighted by atomic mass is 16.1. The van der Waals surface area contributed by atoms with Gasteiger partial charge in [-0.1, -0.05) is 12.1 Å². The lowest BCUT2D eigenvalue weighted by molar-refractivity contribution is 0.0953. The quantitative estimate of drug-likeness (QED) is 0.664. The Labute approximate surface area is 118 Å². The van der Waals surface area contributed by atoms with Crippen molar-refractivity contribution < 1.29 is 4.79 Å².